The van der Waals surface area contributed by atoms with Crippen molar-refractivity contribution in [2.24, 2.45) is 5.92 Å². The van der Waals surface area contributed by atoms with Crippen LogP contribution in [0.4, 0.5) is 0 Å². The molecule has 0 fully saturated rings. The van der Waals surface area contributed by atoms with E-state index < -0.39 is 6.10 Å². The van der Waals surface area contributed by atoms with E-state index in [4.69, 9.17) is 14.2 Å². The van der Waals surface area contributed by atoms with Gasteiger partial charge in [-0.25, -0.2) is 0 Å². The molecule has 35 heavy (non-hydrogen) atoms. The fourth-order valence-electron chi connectivity index (χ4n) is 4.20. The van der Waals surface area contributed by atoms with E-state index in [1.807, 2.05) is 34.1 Å². The number of benzene rings is 1. The van der Waals surface area contributed by atoms with Gasteiger partial charge >= 0.3 is 0 Å². The van der Waals surface area contributed by atoms with Gasteiger partial charge in [0.1, 0.15) is 18.1 Å². The molecule has 1 aliphatic heterocycles. The lowest BCUT2D eigenvalue weighted by Gasteiger charge is -2.37. The van der Waals surface area contributed by atoms with Gasteiger partial charge in [0, 0.05) is 37.2 Å². The van der Waals surface area contributed by atoms with Crippen LogP contribution in [0.3, 0.4) is 0 Å². The Hall–Kier alpha value is -2.39. The molecule has 192 valence electrons. The first kappa shape index (κ1) is 27.2. The second-order valence-corrected chi connectivity index (χ2v) is 10.2. The zero-order chi connectivity index (χ0) is 25.2. The fraction of sp³-hybridized carbons (Fsp3) is 0.519. The highest BCUT2D eigenvalue weighted by molar-refractivity contribution is 7.10. The predicted octanol–water partition coefficient (Wildman–Crippen LogP) is 3.78. The maximum atomic E-state index is 13.5. The molecule has 3 rings (SSSR count). The van der Waals surface area contributed by atoms with E-state index in [0.717, 1.165) is 17.7 Å². The minimum absolute atomic E-state index is 0.0123. The molecule has 1 aromatic heterocycles. The highest BCUT2D eigenvalue weighted by Gasteiger charge is 2.33. The van der Waals surface area contributed by atoms with Crippen LogP contribution in [-0.2, 0) is 16.0 Å². The first-order valence-corrected chi connectivity index (χ1v) is 13.0. The van der Waals surface area contributed by atoms with Gasteiger partial charge in [0.2, 0.25) is 5.91 Å². The minimum atomic E-state index is -0.668. The van der Waals surface area contributed by atoms with Gasteiger partial charge < -0.3 is 24.2 Å². The summed E-state index contributed by atoms with van der Waals surface area (Å²) in [5.41, 5.74) is 1.15. The first-order chi connectivity index (χ1) is 16.9. The highest BCUT2D eigenvalue weighted by Crippen LogP contribution is 2.34. The van der Waals surface area contributed by atoms with Gasteiger partial charge in [-0.3, -0.25) is 9.69 Å². The Morgan fingerprint density at radius 2 is 2.11 bits per heavy atom. The van der Waals surface area contributed by atoms with E-state index >= 15 is 0 Å². The van der Waals surface area contributed by atoms with E-state index in [-0.39, 0.29) is 25.1 Å². The van der Waals surface area contributed by atoms with Crippen molar-refractivity contribution in [3.63, 3.8) is 0 Å². The van der Waals surface area contributed by atoms with E-state index in [1.54, 1.807) is 24.5 Å². The lowest BCUT2D eigenvalue weighted by molar-refractivity contribution is -0.136. The number of carbonyl (C=O) groups is 1. The van der Waals surface area contributed by atoms with Crippen molar-refractivity contribution >= 4 is 17.2 Å². The topological polar surface area (TPSA) is 71.5 Å². The Morgan fingerprint density at radius 3 is 2.86 bits per heavy atom. The normalized spacial score (nSPS) is 16.3. The molecule has 0 radical (unpaired) electrons. The smallest absolute Gasteiger partial charge is 0.237 e. The highest BCUT2D eigenvalue weighted by atomic mass is 32.1. The van der Waals surface area contributed by atoms with Crippen LogP contribution in [0.5, 0.6) is 11.5 Å². The average Bonchev–Trinajstić information content (AvgIpc) is 3.31. The third kappa shape index (κ3) is 8.07. The van der Waals surface area contributed by atoms with Crippen LogP contribution in [0.2, 0.25) is 0 Å². The van der Waals surface area contributed by atoms with Crippen molar-refractivity contribution in [3.05, 3.63) is 58.8 Å². The molecule has 1 aromatic carbocycles. The Labute approximate surface area is 212 Å². The number of thiophene rings is 1. The second kappa shape index (κ2) is 13.6. The van der Waals surface area contributed by atoms with Crippen LogP contribution >= 0.6 is 11.3 Å². The Kier molecular flexibility index (Phi) is 10.6. The summed E-state index contributed by atoms with van der Waals surface area (Å²) in [5.74, 6) is 1.85. The Bertz CT molecular complexity index is 947. The van der Waals surface area contributed by atoms with Crippen LogP contribution in [0.25, 0.3) is 0 Å². The summed E-state index contributed by atoms with van der Waals surface area (Å²) < 4.78 is 17.0. The molecule has 2 heterocycles. The SMILES string of the molecule is C=CCN(CC(=O)N1CCc2sccc2[C@@H]1COc1cccc(OC)c1)C[C@@H](O)COCC(C)C. The molecule has 2 aromatic rings. The molecule has 8 heteroatoms. The molecule has 0 unspecified atom stereocenters. The van der Waals surface area contributed by atoms with Crippen LogP contribution in [0.15, 0.2) is 48.4 Å². The quantitative estimate of drug-likeness (QED) is 0.397. The summed E-state index contributed by atoms with van der Waals surface area (Å²) in [5, 5.41) is 12.5. The van der Waals surface area contributed by atoms with Gasteiger partial charge in [-0.05, 0) is 41.5 Å². The molecule has 1 aliphatic rings. The number of amides is 1. The number of carbonyl (C=O) groups excluding carboxylic acids is 1. The van der Waals surface area contributed by atoms with Crippen molar-refractivity contribution in [1.29, 1.82) is 0 Å². The standard InChI is InChI=1S/C27H38N2O5S/c1-5-11-28(15-21(30)18-33-17-20(2)3)16-27(31)29-12-9-26-24(10-13-35-26)25(29)19-34-23-8-6-7-22(14-23)32-4/h5-8,10,13-14,20-21,25,30H,1,9,11-12,15-19H2,2-4H3/t21-,25+/m1/s1. The van der Waals surface area contributed by atoms with Crippen LogP contribution < -0.4 is 9.47 Å². The van der Waals surface area contributed by atoms with E-state index in [2.05, 4.69) is 31.9 Å². The molecule has 7 nitrogen and oxygen atoms in total. The molecule has 0 saturated heterocycles. The zero-order valence-electron chi connectivity index (χ0n) is 21.0. The predicted molar refractivity (Wildman–Crippen MR) is 139 cm³/mol. The molecular formula is C27H38N2O5S. The Balaban J connectivity index is 1.66. The average molecular weight is 503 g/mol. The molecule has 1 N–H and O–H groups in total. The minimum Gasteiger partial charge on any atom is -0.497 e. The number of ether oxygens (including phenoxy) is 3. The van der Waals surface area contributed by atoms with Crippen LogP contribution in [0, 0.1) is 5.92 Å². The number of fused-ring (bicyclic) bond motifs is 1. The maximum absolute atomic E-state index is 13.5. The third-order valence-electron chi connectivity index (χ3n) is 5.84. The van der Waals surface area contributed by atoms with Crippen molar-refractivity contribution in [2.45, 2.75) is 32.4 Å². The summed E-state index contributed by atoms with van der Waals surface area (Å²) >= 11 is 1.73. The van der Waals surface area contributed by atoms with Gasteiger partial charge in [0.15, 0.2) is 0 Å². The van der Waals surface area contributed by atoms with Crippen molar-refractivity contribution in [2.75, 3.05) is 53.1 Å². The third-order valence-corrected chi connectivity index (χ3v) is 6.84. The summed E-state index contributed by atoms with van der Waals surface area (Å²) in [7, 11) is 1.63. The van der Waals surface area contributed by atoms with Crippen molar-refractivity contribution in [1.82, 2.24) is 9.80 Å². The van der Waals surface area contributed by atoms with Gasteiger partial charge in [-0.15, -0.1) is 17.9 Å². The zero-order valence-corrected chi connectivity index (χ0v) is 21.8. The summed E-state index contributed by atoms with van der Waals surface area (Å²) in [6, 6.07) is 9.41. The largest absolute Gasteiger partial charge is 0.497 e. The Morgan fingerprint density at radius 1 is 1.31 bits per heavy atom. The summed E-state index contributed by atoms with van der Waals surface area (Å²) in [6.45, 7) is 10.9. The monoisotopic (exact) mass is 502 g/mol. The summed E-state index contributed by atoms with van der Waals surface area (Å²) in [6.07, 6.45) is 1.92. The van der Waals surface area contributed by atoms with Gasteiger partial charge in [0.05, 0.1) is 32.4 Å². The van der Waals surface area contributed by atoms with Crippen LogP contribution in [-0.4, -0.2) is 80.0 Å². The molecule has 0 aliphatic carbocycles. The summed E-state index contributed by atoms with van der Waals surface area (Å²) in [4.78, 5) is 18.6. The van der Waals surface area contributed by atoms with E-state index in [9.17, 15) is 9.90 Å². The second-order valence-electron chi connectivity index (χ2n) is 9.21. The first-order valence-electron chi connectivity index (χ1n) is 12.1. The number of methoxy groups -OCH3 is 1. The number of aliphatic hydroxyl groups excluding tert-OH is 1. The van der Waals surface area contributed by atoms with Crippen molar-refractivity contribution < 1.29 is 24.1 Å². The van der Waals surface area contributed by atoms with E-state index in [0.29, 0.717) is 44.5 Å². The molecule has 2 atom stereocenters. The van der Waals surface area contributed by atoms with Crippen LogP contribution in [0.1, 0.15) is 30.3 Å². The number of nitrogens with zero attached hydrogens (tertiary/aromatic N) is 2. The van der Waals surface area contributed by atoms with Crippen molar-refractivity contribution in [3.8, 4) is 11.5 Å². The molecular weight excluding hydrogens is 464 g/mol. The van der Waals surface area contributed by atoms with E-state index in [1.165, 1.54) is 4.88 Å². The fourth-order valence-corrected chi connectivity index (χ4v) is 5.13. The lowest BCUT2D eigenvalue weighted by atomic mass is 10.0. The number of hydrogen-bond acceptors (Lipinski definition) is 7. The number of aliphatic hydroxyl groups is 1. The number of rotatable bonds is 14. The number of hydrogen-bond donors (Lipinski definition) is 1. The molecule has 0 spiro atoms. The maximum Gasteiger partial charge on any atom is 0.237 e. The van der Waals surface area contributed by atoms with Gasteiger partial charge in [0.25, 0.3) is 0 Å². The molecule has 0 saturated carbocycles. The lowest BCUT2D eigenvalue weighted by Crippen LogP contribution is -2.48. The van der Waals surface area contributed by atoms with Gasteiger partial charge in [-0.2, -0.15) is 0 Å². The molecule has 1 amide bonds. The molecule has 0 bridgehead atoms. The van der Waals surface area contributed by atoms with Gasteiger partial charge in [-0.1, -0.05) is 26.0 Å².